The van der Waals surface area contributed by atoms with E-state index >= 15 is 0 Å². The van der Waals surface area contributed by atoms with Gasteiger partial charge in [-0.3, -0.25) is 0 Å². The number of para-hydroxylation sites is 1. The Hall–Kier alpha value is -2.44. The molecule has 0 bridgehead atoms. The number of hydrogen-bond donors (Lipinski definition) is 1. The first kappa shape index (κ1) is 15.5. The molecule has 1 aromatic heterocycles. The number of benzene rings is 2. The Labute approximate surface area is 141 Å². The Kier molecular flexibility index (Phi) is 4.27. The summed E-state index contributed by atoms with van der Waals surface area (Å²) in [6.45, 7) is 0. The zero-order valence-corrected chi connectivity index (χ0v) is 13.7. The molecule has 1 heterocycles. The maximum absolute atomic E-state index is 11.3. The first-order valence-corrected chi connectivity index (χ1v) is 7.91. The summed E-state index contributed by atoms with van der Waals surface area (Å²) in [4.78, 5) is 16.3. The Morgan fingerprint density at radius 1 is 1.22 bits per heavy atom. The molecule has 5 nitrogen and oxygen atoms in total. The van der Waals surface area contributed by atoms with Gasteiger partial charge in [0, 0.05) is 17.6 Å². The third-order valence-electron chi connectivity index (χ3n) is 3.15. The van der Waals surface area contributed by atoms with Gasteiger partial charge >= 0.3 is 5.97 Å². The van der Waals surface area contributed by atoms with E-state index in [0.29, 0.717) is 15.5 Å². The normalized spacial score (nSPS) is 11.7. The molecule has 0 amide bonds. The molecular weight excluding hydrogens is 334 g/mol. The van der Waals surface area contributed by atoms with Crippen LogP contribution in [0.3, 0.4) is 0 Å². The van der Waals surface area contributed by atoms with Crippen molar-refractivity contribution in [2.24, 2.45) is 12.0 Å². The SMILES string of the molecule is Cn1nc(-c2ccc(Cl)cc2)s/c1=N/c1ccccc1C(=O)O. The highest BCUT2D eigenvalue weighted by Gasteiger charge is 2.10. The van der Waals surface area contributed by atoms with Gasteiger partial charge in [0.15, 0.2) is 0 Å². The van der Waals surface area contributed by atoms with Crippen molar-refractivity contribution in [3.63, 3.8) is 0 Å². The quantitative estimate of drug-likeness (QED) is 0.786. The highest BCUT2D eigenvalue weighted by Crippen LogP contribution is 2.22. The van der Waals surface area contributed by atoms with Crippen LogP contribution in [0.2, 0.25) is 5.02 Å². The molecule has 23 heavy (non-hydrogen) atoms. The van der Waals surface area contributed by atoms with Crippen LogP contribution in [0.4, 0.5) is 5.69 Å². The topological polar surface area (TPSA) is 67.5 Å². The molecule has 0 spiro atoms. The predicted octanol–water partition coefficient (Wildman–Crippen LogP) is 3.73. The second kappa shape index (κ2) is 6.36. The lowest BCUT2D eigenvalue weighted by Gasteiger charge is -1.98. The highest BCUT2D eigenvalue weighted by molar-refractivity contribution is 7.12. The summed E-state index contributed by atoms with van der Waals surface area (Å²) in [5.41, 5.74) is 1.50. The number of aryl methyl sites for hydroxylation is 1. The Bertz CT molecular complexity index is 929. The van der Waals surface area contributed by atoms with Crippen molar-refractivity contribution in [2.75, 3.05) is 0 Å². The Morgan fingerprint density at radius 2 is 1.91 bits per heavy atom. The summed E-state index contributed by atoms with van der Waals surface area (Å²) in [6, 6.07) is 14.0. The fourth-order valence-electron chi connectivity index (χ4n) is 2.01. The smallest absolute Gasteiger partial charge is 0.337 e. The first-order valence-electron chi connectivity index (χ1n) is 6.72. The zero-order valence-electron chi connectivity index (χ0n) is 12.1. The standard InChI is InChI=1S/C16H12ClN3O2S/c1-20-16(18-13-5-3-2-4-12(13)15(21)22)23-14(19-20)10-6-8-11(17)9-7-10/h2-9H,1H3,(H,21,22)/b18-16+. The van der Waals surface area contributed by atoms with E-state index < -0.39 is 5.97 Å². The number of nitrogens with zero attached hydrogens (tertiary/aromatic N) is 3. The van der Waals surface area contributed by atoms with Crippen LogP contribution in [-0.2, 0) is 7.05 Å². The Balaban J connectivity index is 2.08. The molecule has 0 radical (unpaired) electrons. The molecule has 3 rings (SSSR count). The van der Waals surface area contributed by atoms with Gasteiger partial charge in [-0.15, -0.1) is 0 Å². The zero-order chi connectivity index (χ0) is 16.4. The molecule has 0 unspecified atom stereocenters. The van der Waals surface area contributed by atoms with Crippen LogP contribution in [0.1, 0.15) is 10.4 Å². The maximum Gasteiger partial charge on any atom is 0.337 e. The number of hydrogen-bond acceptors (Lipinski definition) is 4. The van der Waals surface area contributed by atoms with Crippen molar-refractivity contribution in [2.45, 2.75) is 0 Å². The molecule has 7 heteroatoms. The molecule has 0 aliphatic rings. The van der Waals surface area contributed by atoms with Crippen LogP contribution in [0.5, 0.6) is 0 Å². The van der Waals surface area contributed by atoms with Crippen molar-refractivity contribution in [3.05, 3.63) is 63.9 Å². The van der Waals surface area contributed by atoms with Crippen LogP contribution >= 0.6 is 22.9 Å². The molecule has 0 atom stereocenters. The van der Waals surface area contributed by atoms with E-state index in [0.717, 1.165) is 10.6 Å². The molecular formula is C16H12ClN3O2S. The molecule has 1 N–H and O–H groups in total. The number of rotatable bonds is 3. The lowest BCUT2D eigenvalue weighted by molar-refractivity contribution is 0.0698. The Morgan fingerprint density at radius 3 is 2.61 bits per heavy atom. The third-order valence-corrected chi connectivity index (χ3v) is 4.45. The number of carbonyl (C=O) groups is 1. The van der Waals surface area contributed by atoms with E-state index in [1.54, 1.807) is 42.1 Å². The summed E-state index contributed by atoms with van der Waals surface area (Å²) in [5.74, 6) is -1.01. The molecule has 0 aliphatic heterocycles. The van der Waals surface area contributed by atoms with Crippen LogP contribution in [0.15, 0.2) is 53.5 Å². The van der Waals surface area contributed by atoms with Gasteiger partial charge in [-0.05, 0) is 24.3 Å². The molecule has 2 aromatic carbocycles. The summed E-state index contributed by atoms with van der Waals surface area (Å²) in [6.07, 6.45) is 0. The third kappa shape index (κ3) is 3.33. The predicted molar refractivity (Wildman–Crippen MR) is 90.2 cm³/mol. The number of aromatic carboxylic acids is 1. The summed E-state index contributed by atoms with van der Waals surface area (Å²) >= 11 is 7.28. The van der Waals surface area contributed by atoms with Gasteiger partial charge in [0.2, 0.25) is 4.80 Å². The van der Waals surface area contributed by atoms with E-state index in [2.05, 4.69) is 10.1 Å². The van der Waals surface area contributed by atoms with Gasteiger partial charge in [0.25, 0.3) is 0 Å². The van der Waals surface area contributed by atoms with Crippen LogP contribution in [-0.4, -0.2) is 20.9 Å². The molecule has 0 saturated heterocycles. The molecule has 0 saturated carbocycles. The number of carboxylic acid groups (broad SMARTS) is 1. The van der Waals surface area contributed by atoms with E-state index in [1.807, 2.05) is 12.1 Å². The fourth-order valence-corrected chi connectivity index (χ4v) is 3.04. The molecule has 116 valence electrons. The maximum atomic E-state index is 11.3. The molecule has 0 aliphatic carbocycles. The van der Waals surface area contributed by atoms with E-state index in [4.69, 9.17) is 11.6 Å². The highest BCUT2D eigenvalue weighted by atomic mass is 35.5. The van der Waals surface area contributed by atoms with Crippen molar-refractivity contribution in [1.29, 1.82) is 0 Å². The minimum absolute atomic E-state index is 0.161. The summed E-state index contributed by atoms with van der Waals surface area (Å²) < 4.78 is 1.63. The van der Waals surface area contributed by atoms with Crippen LogP contribution in [0.25, 0.3) is 10.6 Å². The monoisotopic (exact) mass is 345 g/mol. The summed E-state index contributed by atoms with van der Waals surface area (Å²) in [7, 11) is 1.78. The van der Waals surface area contributed by atoms with E-state index in [-0.39, 0.29) is 5.56 Å². The number of aromatic nitrogens is 2. The van der Waals surface area contributed by atoms with Crippen molar-refractivity contribution < 1.29 is 9.90 Å². The lowest BCUT2D eigenvalue weighted by atomic mass is 10.2. The van der Waals surface area contributed by atoms with Gasteiger partial charge in [0.1, 0.15) is 5.01 Å². The largest absolute Gasteiger partial charge is 0.478 e. The van der Waals surface area contributed by atoms with Crippen molar-refractivity contribution in [1.82, 2.24) is 9.78 Å². The van der Waals surface area contributed by atoms with Crippen LogP contribution in [0, 0.1) is 0 Å². The van der Waals surface area contributed by atoms with Gasteiger partial charge in [0.05, 0.1) is 11.3 Å². The number of carboxylic acids is 1. The average molecular weight is 346 g/mol. The van der Waals surface area contributed by atoms with Gasteiger partial charge < -0.3 is 5.11 Å². The molecule has 0 fully saturated rings. The van der Waals surface area contributed by atoms with Gasteiger partial charge in [-0.2, -0.15) is 5.10 Å². The average Bonchev–Trinajstić information content (AvgIpc) is 2.89. The second-order valence-corrected chi connectivity index (χ2v) is 6.15. The number of halogens is 1. The minimum Gasteiger partial charge on any atom is -0.478 e. The van der Waals surface area contributed by atoms with E-state index in [9.17, 15) is 9.90 Å². The van der Waals surface area contributed by atoms with Gasteiger partial charge in [-0.25, -0.2) is 14.5 Å². The van der Waals surface area contributed by atoms with Crippen LogP contribution < -0.4 is 4.80 Å². The van der Waals surface area contributed by atoms with E-state index in [1.165, 1.54) is 17.4 Å². The first-order chi connectivity index (χ1) is 11.0. The van der Waals surface area contributed by atoms with Gasteiger partial charge in [-0.1, -0.05) is 47.2 Å². The van der Waals surface area contributed by atoms with Crippen molar-refractivity contribution in [3.8, 4) is 10.6 Å². The summed E-state index contributed by atoms with van der Waals surface area (Å²) in [5, 5.41) is 15.1. The second-order valence-electron chi connectivity index (χ2n) is 4.75. The molecule has 3 aromatic rings. The minimum atomic E-state index is -1.01. The van der Waals surface area contributed by atoms with Crippen molar-refractivity contribution >= 4 is 34.6 Å². The fraction of sp³-hybridized carbons (Fsp3) is 0.0625. The lowest BCUT2D eigenvalue weighted by Crippen LogP contribution is -2.11.